The fourth-order valence-electron chi connectivity index (χ4n) is 3.10. The molecule has 0 aliphatic rings. The maximum Gasteiger partial charge on any atom is 0.305 e. The van der Waals surface area contributed by atoms with Crippen LogP contribution >= 0.6 is 22.9 Å². The number of carbonyl (C=O) groups is 2. The topological polar surface area (TPSA) is 107 Å². The lowest BCUT2D eigenvalue weighted by Gasteiger charge is -2.11. The van der Waals surface area contributed by atoms with E-state index in [4.69, 9.17) is 11.6 Å². The number of esters is 1. The fraction of sp³-hybridized carbons (Fsp3) is 0.316. The molecule has 0 atom stereocenters. The number of nitrogens with one attached hydrogen (secondary N) is 1. The maximum absolute atomic E-state index is 13.6. The second kappa shape index (κ2) is 8.75. The monoisotopic (exact) mass is 469 g/mol. The SMILES string of the molecule is COC(=O)CCCc1cc2cc(Cl)ccc2n1S(=O)(=O)c1sc(NC(C)=O)nc1C. The third-order valence-corrected chi connectivity index (χ3v) is 8.00. The molecule has 0 bridgehead atoms. The van der Waals surface area contributed by atoms with Gasteiger partial charge in [0, 0.05) is 29.4 Å². The summed E-state index contributed by atoms with van der Waals surface area (Å²) in [6, 6.07) is 6.71. The number of hydrogen-bond donors (Lipinski definition) is 1. The van der Waals surface area contributed by atoms with Crippen LogP contribution in [0.1, 0.15) is 31.2 Å². The minimum Gasteiger partial charge on any atom is -0.469 e. The molecule has 30 heavy (non-hydrogen) atoms. The highest BCUT2D eigenvalue weighted by atomic mass is 35.5. The Hall–Kier alpha value is -2.43. The van der Waals surface area contributed by atoms with Crippen LogP contribution in [-0.4, -0.2) is 36.4 Å². The van der Waals surface area contributed by atoms with E-state index in [0.29, 0.717) is 40.2 Å². The molecule has 3 rings (SSSR count). The van der Waals surface area contributed by atoms with Gasteiger partial charge in [-0.3, -0.25) is 9.59 Å². The number of amides is 1. The third-order valence-electron chi connectivity index (χ3n) is 4.34. The molecule has 0 saturated heterocycles. The van der Waals surface area contributed by atoms with E-state index in [1.54, 1.807) is 31.2 Å². The van der Waals surface area contributed by atoms with Gasteiger partial charge in [-0.1, -0.05) is 22.9 Å². The molecule has 0 aliphatic carbocycles. The van der Waals surface area contributed by atoms with Crippen LogP contribution in [0, 0.1) is 6.92 Å². The number of ether oxygens (including phenoxy) is 1. The van der Waals surface area contributed by atoms with Gasteiger partial charge in [-0.15, -0.1) is 0 Å². The average Bonchev–Trinajstić information content (AvgIpc) is 3.21. The van der Waals surface area contributed by atoms with Crippen molar-refractivity contribution in [2.75, 3.05) is 12.4 Å². The second-order valence-corrected chi connectivity index (χ2v) is 10.0. The molecular formula is C19H20ClN3O5S2. The molecule has 0 saturated carbocycles. The van der Waals surface area contributed by atoms with E-state index in [1.807, 2.05) is 0 Å². The molecule has 8 nitrogen and oxygen atoms in total. The van der Waals surface area contributed by atoms with Crippen molar-refractivity contribution in [1.29, 1.82) is 0 Å². The molecule has 11 heteroatoms. The predicted molar refractivity (Wildman–Crippen MR) is 116 cm³/mol. The normalized spacial score (nSPS) is 11.6. The molecule has 160 valence electrons. The van der Waals surface area contributed by atoms with Crippen molar-refractivity contribution in [2.45, 2.75) is 37.3 Å². The van der Waals surface area contributed by atoms with E-state index in [-0.39, 0.29) is 27.6 Å². The summed E-state index contributed by atoms with van der Waals surface area (Å²) in [6.45, 7) is 2.90. The molecule has 2 aromatic heterocycles. The average molecular weight is 470 g/mol. The highest BCUT2D eigenvalue weighted by Crippen LogP contribution is 2.34. The summed E-state index contributed by atoms with van der Waals surface area (Å²) < 4.78 is 33.1. The van der Waals surface area contributed by atoms with Gasteiger partial charge in [-0.25, -0.2) is 8.96 Å². The maximum atomic E-state index is 13.6. The Balaban J connectivity index is 2.10. The summed E-state index contributed by atoms with van der Waals surface area (Å²) in [5, 5.41) is 3.89. The van der Waals surface area contributed by atoms with E-state index in [1.165, 1.54) is 18.0 Å². The van der Waals surface area contributed by atoms with Crippen LogP contribution in [0.5, 0.6) is 0 Å². The Morgan fingerprint density at radius 3 is 2.70 bits per heavy atom. The zero-order chi connectivity index (χ0) is 22.1. The number of rotatable bonds is 7. The van der Waals surface area contributed by atoms with Crippen LogP contribution in [0.15, 0.2) is 28.5 Å². The predicted octanol–water partition coefficient (Wildman–Crippen LogP) is 3.75. The van der Waals surface area contributed by atoms with Crippen molar-refractivity contribution in [3.63, 3.8) is 0 Å². The lowest BCUT2D eigenvalue weighted by molar-refractivity contribution is -0.140. The standard InChI is InChI=1S/C19H20ClN3O5S2/c1-11-18(29-19(21-11)22-12(2)24)30(26,27)23-15(5-4-6-17(25)28-3)10-13-9-14(20)7-8-16(13)23/h7-10H,4-6H2,1-3H3,(H,21,22,24). The van der Waals surface area contributed by atoms with Crippen LogP contribution in [0.2, 0.25) is 5.02 Å². The number of thiazole rings is 1. The largest absolute Gasteiger partial charge is 0.469 e. The van der Waals surface area contributed by atoms with Gasteiger partial charge in [-0.05, 0) is 44.0 Å². The number of fused-ring (bicyclic) bond motifs is 1. The Kier molecular flexibility index (Phi) is 6.49. The molecule has 0 spiro atoms. The number of carbonyl (C=O) groups excluding carboxylic acids is 2. The summed E-state index contributed by atoms with van der Waals surface area (Å²) in [4.78, 5) is 26.9. The quantitative estimate of drug-likeness (QED) is 0.528. The highest BCUT2D eigenvalue weighted by Gasteiger charge is 2.28. The molecule has 3 aromatic rings. The van der Waals surface area contributed by atoms with Crippen molar-refractivity contribution >= 4 is 60.9 Å². The number of halogens is 1. The van der Waals surface area contributed by atoms with Crippen LogP contribution in [-0.2, 0) is 30.8 Å². The molecule has 2 heterocycles. The lowest BCUT2D eigenvalue weighted by atomic mass is 10.2. The van der Waals surface area contributed by atoms with Gasteiger partial charge < -0.3 is 10.1 Å². The van der Waals surface area contributed by atoms with E-state index in [2.05, 4.69) is 15.0 Å². The fourth-order valence-corrected chi connectivity index (χ4v) is 6.37. The van der Waals surface area contributed by atoms with Gasteiger partial charge in [0.05, 0.1) is 18.3 Å². The van der Waals surface area contributed by atoms with Gasteiger partial charge in [-0.2, -0.15) is 8.42 Å². The number of benzene rings is 1. The van der Waals surface area contributed by atoms with Crippen molar-refractivity contribution in [1.82, 2.24) is 8.96 Å². The minimum atomic E-state index is -4.01. The smallest absolute Gasteiger partial charge is 0.305 e. The van der Waals surface area contributed by atoms with E-state index < -0.39 is 10.0 Å². The van der Waals surface area contributed by atoms with Crippen LogP contribution < -0.4 is 5.32 Å². The third kappa shape index (κ3) is 4.50. The van der Waals surface area contributed by atoms with Crippen molar-refractivity contribution < 1.29 is 22.7 Å². The van der Waals surface area contributed by atoms with Gasteiger partial charge in [0.1, 0.15) is 0 Å². The van der Waals surface area contributed by atoms with E-state index in [0.717, 1.165) is 11.3 Å². The molecule has 0 fully saturated rings. The number of anilines is 1. The van der Waals surface area contributed by atoms with E-state index in [9.17, 15) is 18.0 Å². The number of methoxy groups -OCH3 is 1. The molecule has 1 N–H and O–H groups in total. The van der Waals surface area contributed by atoms with Gasteiger partial charge >= 0.3 is 5.97 Å². The second-order valence-electron chi connectivity index (χ2n) is 6.61. The zero-order valence-corrected chi connectivity index (χ0v) is 18.9. The Morgan fingerprint density at radius 1 is 1.30 bits per heavy atom. The summed E-state index contributed by atoms with van der Waals surface area (Å²) in [5.74, 6) is -0.695. The number of aryl methyl sites for hydroxylation is 2. The van der Waals surface area contributed by atoms with Crippen molar-refractivity contribution in [3.8, 4) is 0 Å². The van der Waals surface area contributed by atoms with Crippen molar-refractivity contribution in [3.05, 3.63) is 40.7 Å². The Bertz CT molecular complexity index is 1230. The summed E-state index contributed by atoms with van der Waals surface area (Å²) in [7, 11) is -2.69. The first-order valence-electron chi connectivity index (χ1n) is 9.00. The summed E-state index contributed by atoms with van der Waals surface area (Å²) in [6.07, 6.45) is 0.938. The van der Waals surface area contributed by atoms with Gasteiger partial charge in [0.15, 0.2) is 9.34 Å². The first-order valence-corrected chi connectivity index (χ1v) is 11.6. The van der Waals surface area contributed by atoms with Gasteiger partial charge in [0.2, 0.25) is 5.91 Å². The number of aromatic nitrogens is 2. The number of hydrogen-bond acceptors (Lipinski definition) is 7. The van der Waals surface area contributed by atoms with Crippen LogP contribution in [0.3, 0.4) is 0 Å². The first-order chi connectivity index (χ1) is 14.1. The molecular weight excluding hydrogens is 450 g/mol. The van der Waals surface area contributed by atoms with Gasteiger partial charge in [0.25, 0.3) is 10.0 Å². The Morgan fingerprint density at radius 2 is 2.03 bits per heavy atom. The molecule has 1 aromatic carbocycles. The highest BCUT2D eigenvalue weighted by molar-refractivity contribution is 7.92. The van der Waals surface area contributed by atoms with Crippen LogP contribution in [0.25, 0.3) is 10.9 Å². The Labute approximate surface area is 182 Å². The first kappa shape index (κ1) is 22.3. The van der Waals surface area contributed by atoms with Crippen molar-refractivity contribution in [2.24, 2.45) is 0 Å². The van der Waals surface area contributed by atoms with Crippen LogP contribution in [0.4, 0.5) is 5.13 Å². The lowest BCUT2D eigenvalue weighted by Crippen LogP contribution is -2.16. The minimum absolute atomic E-state index is 0.0351. The molecule has 1 amide bonds. The molecule has 0 unspecified atom stereocenters. The molecule has 0 radical (unpaired) electrons. The van der Waals surface area contributed by atoms with E-state index >= 15 is 0 Å². The summed E-state index contributed by atoms with van der Waals surface area (Å²) in [5.41, 5.74) is 1.28. The summed E-state index contributed by atoms with van der Waals surface area (Å²) >= 11 is 6.98. The zero-order valence-electron chi connectivity index (χ0n) is 16.6. The number of nitrogens with zero attached hydrogens (tertiary/aromatic N) is 2. The molecule has 0 aliphatic heterocycles.